The zero-order chi connectivity index (χ0) is 15.1. The van der Waals surface area contributed by atoms with Crippen molar-refractivity contribution in [1.29, 1.82) is 0 Å². The Labute approximate surface area is 122 Å². The Balaban J connectivity index is 2.37. The summed E-state index contributed by atoms with van der Waals surface area (Å²) >= 11 is 0. The molecule has 6 nitrogen and oxygen atoms in total. The number of aromatic nitrogens is 2. The van der Waals surface area contributed by atoms with Gasteiger partial charge in [-0.25, -0.2) is 14.8 Å². The molecular weight excluding hydrogens is 268 g/mol. The van der Waals surface area contributed by atoms with Crippen molar-refractivity contribution >= 4 is 23.7 Å². The van der Waals surface area contributed by atoms with Crippen LogP contribution < -0.4 is 0 Å². The van der Waals surface area contributed by atoms with E-state index >= 15 is 0 Å². The van der Waals surface area contributed by atoms with Crippen molar-refractivity contribution in [2.75, 3.05) is 13.2 Å². The molecule has 0 spiro atoms. The van der Waals surface area contributed by atoms with E-state index < -0.39 is 5.97 Å². The van der Waals surface area contributed by atoms with Crippen LogP contribution in [0.5, 0.6) is 0 Å². The Hall–Kier alpha value is -2.72. The lowest BCUT2D eigenvalue weighted by Gasteiger charge is -2.01. The molecule has 0 aromatic carbocycles. The summed E-state index contributed by atoms with van der Waals surface area (Å²) in [6.45, 7) is 4.45. The third-order valence-electron chi connectivity index (χ3n) is 2.61. The van der Waals surface area contributed by atoms with E-state index in [4.69, 9.17) is 4.74 Å². The molecule has 0 saturated carbocycles. The number of fused-ring (bicyclic) bond motifs is 1. The van der Waals surface area contributed by atoms with Crippen molar-refractivity contribution in [3.8, 4) is 0 Å². The summed E-state index contributed by atoms with van der Waals surface area (Å²) in [5.41, 5.74) is 1.75. The van der Waals surface area contributed by atoms with E-state index in [1.165, 1.54) is 0 Å². The Kier molecular flexibility index (Phi) is 5.01. The van der Waals surface area contributed by atoms with Gasteiger partial charge in [0, 0.05) is 25.1 Å². The summed E-state index contributed by atoms with van der Waals surface area (Å²) in [6.07, 6.45) is 7.05. The predicted octanol–water partition coefficient (Wildman–Crippen LogP) is 2.43. The van der Waals surface area contributed by atoms with Gasteiger partial charge < -0.3 is 9.14 Å². The van der Waals surface area contributed by atoms with Gasteiger partial charge in [0.25, 0.3) is 0 Å². The monoisotopic (exact) mass is 284 g/mol. The number of hydrogen-bond donors (Lipinski definition) is 0. The number of esters is 1. The fourth-order valence-electron chi connectivity index (χ4n) is 1.68. The smallest absolute Gasteiger partial charge is 0.357 e. The summed E-state index contributed by atoms with van der Waals surface area (Å²) in [4.78, 5) is 23.9. The van der Waals surface area contributed by atoms with Gasteiger partial charge in [-0.15, -0.1) is 0 Å². The van der Waals surface area contributed by atoms with E-state index in [1.807, 2.05) is 35.9 Å². The van der Waals surface area contributed by atoms with Crippen molar-refractivity contribution in [3.63, 3.8) is 0 Å². The number of ether oxygens (including phenoxy) is 1. The highest BCUT2D eigenvalue weighted by molar-refractivity contribution is 5.94. The lowest BCUT2D eigenvalue weighted by Crippen LogP contribution is -2.06. The highest BCUT2D eigenvalue weighted by Gasteiger charge is 2.09. The van der Waals surface area contributed by atoms with E-state index in [2.05, 4.69) is 21.0 Å². The van der Waals surface area contributed by atoms with Crippen LogP contribution in [0.4, 0.5) is 0 Å². The summed E-state index contributed by atoms with van der Waals surface area (Å²) in [6, 6.07) is 6.20. The molecular formula is C15H16N4O2. The first-order chi connectivity index (χ1) is 10.2. The second kappa shape index (κ2) is 7.17. The quantitative estimate of drug-likeness (QED) is 0.481. The van der Waals surface area contributed by atoms with Gasteiger partial charge >= 0.3 is 5.97 Å². The van der Waals surface area contributed by atoms with Crippen molar-refractivity contribution in [3.05, 3.63) is 42.0 Å². The van der Waals surface area contributed by atoms with E-state index in [0.717, 1.165) is 11.2 Å². The van der Waals surface area contributed by atoms with Gasteiger partial charge in [0.05, 0.1) is 12.6 Å². The number of carbonyl (C=O) groups is 1. The first-order valence-electron chi connectivity index (χ1n) is 6.68. The Bertz CT molecular complexity index is 720. The topological polar surface area (TPSA) is 68.3 Å². The normalized spacial score (nSPS) is 11.0. The minimum atomic E-state index is -0.500. The minimum absolute atomic E-state index is 0.157. The lowest BCUT2D eigenvalue weighted by atomic mass is 10.2. The van der Waals surface area contributed by atoms with Crippen LogP contribution in [-0.4, -0.2) is 34.5 Å². The molecule has 0 fully saturated rings. The van der Waals surface area contributed by atoms with Crippen LogP contribution in [-0.2, 0) is 9.53 Å². The number of hydrogen-bond acceptors (Lipinski definition) is 5. The summed E-state index contributed by atoms with van der Waals surface area (Å²) in [7, 11) is 0. The lowest BCUT2D eigenvalue weighted by molar-refractivity contribution is -0.138. The third-order valence-corrected chi connectivity index (χ3v) is 2.61. The maximum absolute atomic E-state index is 11.9. The van der Waals surface area contributed by atoms with Gasteiger partial charge in [-0.05, 0) is 37.6 Å². The van der Waals surface area contributed by atoms with Crippen molar-refractivity contribution < 1.29 is 9.53 Å². The highest BCUT2D eigenvalue weighted by atomic mass is 16.5. The zero-order valence-corrected chi connectivity index (χ0v) is 12.0. The highest BCUT2D eigenvalue weighted by Crippen LogP contribution is 2.12. The second-order valence-corrected chi connectivity index (χ2v) is 4.09. The van der Waals surface area contributed by atoms with E-state index in [9.17, 15) is 4.79 Å². The molecule has 21 heavy (non-hydrogen) atoms. The summed E-state index contributed by atoms with van der Waals surface area (Å²) in [5, 5.41) is 0. The Morgan fingerprint density at radius 2 is 2.33 bits per heavy atom. The van der Waals surface area contributed by atoms with Crippen LogP contribution in [0.25, 0.3) is 11.7 Å². The minimum Gasteiger partial charge on any atom is -0.461 e. The molecule has 6 heteroatoms. The Morgan fingerprint density at radius 3 is 3.10 bits per heavy atom. The molecule has 2 rings (SSSR count). The van der Waals surface area contributed by atoms with Crippen LogP contribution in [0.3, 0.4) is 0 Å². The van der Waals surface area contributed by atoms with Crippen LogP contribution in [0.2, 0.25) is 0 Å². The molecule has 2 aromatic heterocycles. The van der Waals surface area contributed by atoms with Crippen LogP contribution in [0, 0.1) is 0 Å². The molecule has 0 aliphatic heterocycles. The molecule has 0 N–H and O–H groups in total. The molecule has 0 atom stereocenters. The van der Waals surface area contributed by atoms with Gasteiger partial charge in [0.1, 0.15) is 5.65 Å². The van der Waals surface area contributed by atoms with Crippen molar-refractivity contribution in [1.82, 2.24) is 9.38 Å². The molecule has 0 unspecified atom stereocenters. The number of aliphatic imine (C=N–C) groups is 2. The van der Waals surface area contributed by atoms with Crippen LogP contribution >= 0.6 is 0 Å². The maximum Gasteiger partial charge on any atom is 0.357 e. The first-order valence-corrected chi connectivity index (χ1v) is 6.68. The van der Waals surface area contributed by atoms with Gasteiger partial charge in [0.2, 0.25) is 0 Å². The summed E-state index contributed by atoms with van der Waals surface area (Å²) in [5.74, 6) is -0.500. The number of pyridine rings is 1. The molecule has 108 valence electrons. The van der Waals surface area contributed by atoms with Gasteiger partial charge in [-0.2, -0.15) is 4.99 Å². The molecule has 2 heterocycles. The van der Waals surface area contributed by atoms with Gasteiger partial charge in [0.15, 0.2) is 5.70 Å². The molecule has 2 aromatic rings. The number of rotatable bonds is 5. The number of nitrogens with zero attached hydrogens (tertiary/aromatic N) is 4. The fraction of sp³-hybridized carbons (Fsp3) is 0.267. The molecule has 0 bridgehead atoms. The molecule has 0 radical (unpaired) electrons. The number of imidazole rings is 1. The van der Waals surface area contributed by atoms with Crippen molar-refractivity contribution in [2.45, 2.75) is 13.8 Å². The van der Waals surface area contributed by atoms with Gasteiger partial charge in [-0.1, -0.05) is 0 Å². The largest absolute Gasteiger partial charge is 0.461 e. The van der Waals surface area contributed by atoms with Crippen molar-refractivity contribution in [2.24, 2.45) is 9.98 Å². The molecule has 0 saturated heterocycles. The van der Waals surface area contributed by atoms with Crippen LogP contribution in [0.1, 0.15) is 19.4 Å². The number of carbonyl (C=O) groups excluding carboxylic acids is 1. The third kappa shape index (κ3) is 3.87. The molecule has 0 aliphatic carbocycles. The zero-order valence-electron chi connectivity index (χ0n) is 12.0. The predicted molar refractivity (Wildman–Crippen MR) is 80.2 cm³/mol. The SMILES string of the molecule is CCN=C=N/C(=C\c1ccn2ccnc2c1)C(=O)OCC. The van der Waals surface area contributed by atoms with Crippen LogP contribution in [0.15, 0.2) is 46.4 Å². The molecule has 0 amide bonds. The standard InChI is InChI=1S/C15H16N4O2/c1-3-16-11-18-13(15(20)21-4-2)9-12-5-7-19-8-6-17-14(19)10-12/h5-10H,3-4H2,1-2H3/b13-9-. The van der Waals surface area contributed by atoms with E-state index in [1.54, 1.807) is 19.2 Å². The Morgan fingerprint density at radius 1 is 1.48 bits per heavy atom. The fourth-order valence-corrected chi connectivity index (χ4v) is 1.68. The second-order valence-electron chi connectivity index (χ2n) is 4.09. The first kappa shape index (κ1) is 14.7. The summed E-state index contributed by atoms with van der Waals surface area (Å²) < 4.78 is 6.85. The average molecular weight is 284 g/mol. The van der Waals surface area contributed by atoms with Gasteiger partial charge in [-0.3, -0.25) is 0 Å². The van der Waals surface area contributed by atoms with E-state index in [0.29, 0.717) is 6.54 Å². The average Bonchev–Trinajstić information content (AvgIpc) is 2.94. The maximum atomic E-state index is 11.9. The molecule has 0 aliphatic rings. The van der Waals surface area contributed by atoms with E-state index in [-0.39, 0.29) is 12.3 Å².